The summed E-state index contributed by atoms with van der Waals surface area (Å²) in [4.78, 5) is 33.9. The molecule has 0 aliphatic carbocycles. The third kappa shape index (κ3) is 11.3. The number of amides is 2. The Morgan fingerprint density at radius 2 is 1.64 bits per heavy atom. The van der Waals surface area contributed by atoms with Crippen molar-refractivity contribution >= 4 is 57.8 Å². The van der Waals surface area contributed by atoms with Gasteiger partial charge in [0.15, 0.2) is 27.9 Å². The summed E-state index contributed by atoms with van der Waals surface area (Å²) in [5.74, 6) is 2.69. The van der Waals surface area contributed by atoms with Crippen LogP contribution in [-0.4, -0.2) is 68.9 Å². The third-order valence-corrected chi connectivity index (χ3v) is 9.42. The molecule has 0 bridgehead atoms. The van der Waals surface area contributed by atoms with Crippen LogP contribution in [0, 0.1) is 0 Å². The number of nitrogens with zero attached hydrogens (tertiary/aromatic N) is 5. The Balaban J connectivity index is 0.946. The van der Waals surface area contributed by atoms with Gasteiger partial charge >= 0.3 is 0 Å². The number of carbonyl (C=O) groups is 2. The molecule has 56 heavy (non-hydrogen) atoms. The van der Waals surface area contributed by atoms with Crippen LogP contribution in [0.3, 0.4) is 0 Å². The molecule has 3 N–H and O–H groups in total. The van der Waals surface area contributed by atoms with E-state index in [9.17, 15) is 9.59 Å². The highest BCUT2D eigenvalue weighted by molar-refractivity contribution is 7.99. The number of aromatic nitrogens is 5. The first-order valence-corrected chi connectivity index (χ1v) is 19.3. The molecule has 288 valence electrons. The molecule has 13 nitrogen and oxygen atoms in total. The summed E-state index contributed by atoms with van der Waals surface area (Å²) in [6.45, 7) is 8.08. The molecule has 6 aromatic rings. The Hall–Kier alpha value is -5.96. The van der Waals surface area contributed by atoms with Gasteiger partial charge in [-0.2, -0.15) is 0 Å². The Bertz CT molecular complexity index is 2240. The Kier molecular flexibility index (Phi) is 14.3. The molecular formula is C41H41ClN8O5S. The Morgan fingerprint density at radius 3 is 2.41 bits per heavy atom. The van der Waals surface area contributed by atoms with Gasteiger partial charge in [0.05, 0.1) is 25.4 Å². The van der Waals surface area contributed by atoms with Crippen LogP contribution in [0.1, 0.15) is 34.8 Å². The van der Waals surface area contributed by atoms with Crippen LogP contribution in [0.4, 0.5) is 11.5 Å². The summed E-state index contributed by atoms with van der Waals surface area (Å²) in [6, 6.07) is 29.0. The smallest absolute Gasteiger partial charge is 0.255 e. The topological polar surface area (TPSA) is 154 Å². The van der Waals surface area contributed by atoms with Crippen molar-refractivity contribution in [2.75, 3.05) is 42.8 Å². The molecule has 6 rings (SSSR count). The maximum atomic E-state index is 13.0. The van der Waals surface area contributed by atoms with Gasteiger partial charge in [-0.3, -0.25) is 9.59 Å². The van der Waals surface area contributed by atoms with Gasteiger partial charge in [-0.25, -0.2) is 14.6 Å². The first-order chi connectivity index (χ1) is 27.4. The van der Waals surface area contributed by atoms with E-state index in [2.05, 4.69) is 39.8 Å². The number of rotatable bonds is 20. The minimum Gasteiger partial charge on any atom is -0.491 e. The summed E-state index contributed by atoms with van der Waals surface area (Å²) in [7, 11) is 0. The summed E-state index contributed by atoms with van der Waals surface area (Å²) in [6.07, 6.45) is 2.21. The van der Waals surface area contributed by atoms with E-state index >= 15 is 0 Å². The van der Waals surface area contributed by atoms with E-state index in [0.29, 0.717) is 95.1 Å². The third-order valence-electron chi connectivity index (χ3n) is 8.11. The van der Waals surface area contributed by atoms with E-state index in [1.165, 1.54) is 6.08 Å². The summed E-state index contributed by atoms with van der Waals surface area (Å²) < 4.78 is 19.6. The van der Waals surface area contributed by atoms with Crippen molar-refractivity contribution < 1.29 is 23.8 Å². The van der Waals surface area contributed by atoms with E-state index < -0.39 is 0 Å². The Labute approximate surface area is 333 Å². The molecule has 0 unspecified atom stereocenters. The normalized spacial score (nSPS) is 10.9. The minimum atomic E-state index is -0.290. The highest BCUT2D eigenvalue weighted by Crippen LogP contribution is 2.31. The summed E-state index contributed by atoms with van der Waals surface area (Å²) >= 11 is 7.66. The van der Waals surface area contributed by atoms with Crippen LogP contribution in [0.2, 0.25) is 5.02 Å². The monoisotopic (exact) mass is 792 g/mol. The second-order valence-corrected chi connectivity index (χ2v) is 13.8. The fourth-order valence-electron chi connectivity index (χ4n) is 5.27. The van der Waals surface area contributed by atoms with Gasteiger partial charge in [0.2, 0.25) is 5.91 Å². The number of fused-ring (bicyclic) bond motifs is 1. The zero-order valence-corrected chi connectivity index (χ0v) is 32.3. The number of benzene rings is 4. The second-order valence-electron chi connectivity index (χ2n) is 12.3. The van der Waals surface area contributed by atoms with Gasteiger partial charge < -0.3 is 30.2 Å². The maximum absolute atomic E-state index is 13.0. The van der Waals surface area contributed by atoms with Crippen molar-refractivity contribution in [2.45, 2.75) is 31.6 Å². The van der Waals surface area contributed by atoms with Crippen molar-refractivity contribution in [3.63, 3.8) is 0 Å². The lowest BCUT2D eigenvalue weighted by Crippen LogP contribution is -2.20. The van der Waals surface area contributed by atoms with Gasteiger partial charge in [-0.1, -0.05) is 78.5 Å². The van der Waals surface area contributed by atoms with Gasteiger partial charge in [0.25, 0.3) is 5.91 Å². The number of thioether (sulfide) groups is 1. The molecule has 2 aromatic heterocycles. The molecular weight excluding hydrogens is 752 g/mol. The lowest BCUT2D eigenvalue weighted by atomic mass is 10.1. The fourth-order valence-corrected chi connectivity index (χ4v) is 6.09. The number of para-hydroxylation sites is 2. The quantitative estimate of drug-likeness (QED) is 0.0301. The molecule has 2 heterocycles. The van der Waals surface area contributed by atoms with Crippen LogP contribution in [0.25, 0.3) is 11.2 Å². The molecule has 15 heteroatoms. The predicted octanol–water partition coefficient (Wildman–Crippen LogP) is 7.78. The number of nitrogens with one attached hydrogen (secondary N) is 3. The largest absolute Gasteiger partial charge is 0.491 e. The zero-order chi connectivity index (χ0) is 39.1. The van der Waals surface area contributed by atoms with Gasteiger partial charge in [0, 0.05) is 29.4 Å². The molecule has 0 radical (unpaired) electrons. The average molecular weight is 793 g/mol. The second kappa shape index (κ2) is 20.1. The van der Waals surface area contributed by atoms with Crippen molar-refractivity contribution in [2.24, 2.45) is 0 Å². The van der Waals surface area contributed by atoms with Crippen molar-refractivity contribution in [3.8, 4) is 17.2 Å². The predicted molar refractivity (Wildman–Crippen MR) is 219 cm³/mol. The molecule has 2 amide bonds. The zero-order valence-electron chi connectivity index (χ0n) is 30.7. The molecule has 0 spiro atoms. The van der Waals surface area contributed by atoms with Gasteiger partial charge in [-0.15, -0.1) is 5.10 Å². The summed E-state index contributed by atoms with van der Waals surface area (Å²) in [5.41, 5.74) is 4.14. The van der Waals surface area contributed by atoms with Crippen LogP contribution < -0.4 is 25.4 Å². The number of ether oxygens (including phenoxy) is 3. The van der Waals surface area contributed by atoms with E-state index in [1.807, 2.05) is 48.5 Å². The lowest BCUT2D eigenvalue weighted by molar-refractivity contribution is -0.116. The number of halogens is 1. The maximum Gasteiger partial charge on any atom is 0.255 e. The molecule has 0 saturated carbocycles. The van der Waals surface area contributed by atoms with Gasteiger partial charge in [0.1, 0.15) is 18.1 Å². The molecule has 0 aliphatic heterocycles. The molecule has 0 aliphatic rings. The van der Waals surface area contributed by atoms with E-state index in [-0.39, 0.29) is 11.8 Å². The highest BCUT2D eigenvalue weighted by Gasteiger charge is 2.16. The van der Waals surface area contributed by atoms with Crippen LogP contribution in [-0.2, 0) is 22.6 Å². The van der Waals surface area contributed by atoms with E-state index in [4.69, 9.17) is 35.8 Å². The SMILES string of the molecule is C=CC(=O)NCc1ccc(C(=O)Nc2ccccc2Oc2ccc(OCCOCCNc3nc(SCCC)nc4c3nnn4Cc3ccc(Cl)cc3)cc2)cc1. The number of hydrogen-bond donors (Lipinski definition) is 3. The van der Waals surface area contributed by atoms with Crippen LogP contribution >= 0.6 is 23.4 Å². The van der Waals surface area contributed by atoms with Crippen LogP contribution in [0.15, 0.2) is 115 Å². The average Bonchev–Trinajstić information content (AvgIpc) is 3.63. The first kappa shape index (κ1) is 39.7. The summed E-state index contributed by atoms with van der Waals surface area (Å²) in [5, 5.41) is 19.0. The standard InChI is InChI=1S/C41H41ClN8O5S/c1-3-25-56-41-46-38(37-39(47-41)50(49-48-37)27-29-11-15-31(42)16-12-29)43-21-22-53-23-24-54-32-17-19-33(20-18-32)55-35-8-6-5-7-34(35)45-40(52)30-13-9-28(10-14-30)26-44-36(51)4-2/h4-20H,2-3,21-27H2,1H3,(H,44,51)(H,45,52)(H,43,46,47). The highest BCUT2D eigenvalue weighted by atomic mass is 35.5. The number of carbonyl (C=O) groups excluding carboxylic acids is 2. The first-order valence-electron chi connectivity index (χ1n) is 18.0. The fraction of sp³-hybridized carbons (Fsp3) is 0.220. The van der Waals surface area contributed by atoms with Crippen molar-refractivity contribution in [1.29, 1.82) is 0 Å². The molecule has 0 atom stereocenters. The Morgan fingerprint density at radius 1 is 0.893 bits per heavy atom. The molecule has 0 saturated heterocycles. The van der Waals surface area contributed by atoms with Crippen LogP contribution in [0.5, 0.6) is 17.2 Å². The van der Waals surface area contributed by atoms with E-state index in [1.54, 1.807) is 65.0 Å². The van der Waals surface area contributed by atoms with Gasteiger partial charge in [-0.05, 0) is 84.3 Å². The van der Waals surface area contributed by atoms with Crippen molar-refractivity contribution in [3.05, 3.63) is 131 Å². The minimum absolute atomic E-state index is 0.260. The van der Waals surface area contributed by atoms with Crippen molar-refractivity contribution in [1.82, 2.24) is 30.3 Å². The number of hydrogen-bond acceptors (Lipinski definition) is 11. The van der Waals surface area contributed by atoms with E-state index in [0.717, 1.165) is 23.3 Å². The molecule has 4 aromatic carbocycles. The number of anilines is 2. The molecule has 0 fully saturated rings. The lowest BCUT2D eigenvalue weighted by Gasteiger charge is -2.13.